The van der Waals surface area contributed by atoms with Crippen LogP contribution < -0.4 is 4.18 Å². The molecule has 0 aliphatic carbocycles. The Balaban J connectivity index is 2.11. The van der Waals surface area contributed by atoms with Crippen LogP contribution in [-0.2, 0) is 21.0 Å². The average molecular weight is 617 g/mol. The lowest BCUT2D eigenvalue weighted by molar-refractivity contribution is -0.0500. The van der Waals surface area contributed by atoms with Gasteiger partial charge in [0.1, 0.15) is 5.75 Å². The normalized spacial score (nSPS) is 13.2. The van der Waals surface area contributed by atoms with Crippen LogP contribution in [0.2, 0.25) is 18.1 Å². The summed E-state index contributed by atoms with van der Waals surface area (Å²) in [7, 11) is -8.11. The predicted molar refractivity (Wildman–Crippen MR) is 167 cm³/mol. The molecular weight excluding hydrogens is 578 g/mol. The highest BCUT2D eigenvalue weighted by molar-refractivity contribution is 7.88. The monoisotopic (exact) mass is 616 g/mol. The second kappa shape index (κ2) is 14.8. The van der Waals surface area contributed by atoms with Gasteiger partial charge in [0.15, 0.2) is 8.32 Å². The molecule has 226 valence electrons. The first-order valence-electron chi connectivity index (χ1n) is 14.2. The molecule has 3 aromatic carbocycles. The van der Waals surface area contributed by atoms with Crippen molar-refractivity contribution in [1.29, 1.82) is 0 Å². The van der Waals surface area contributed by atoms with Crippen molar-refractivity contribution in [2.45, 2.75) is 69.3 Å². The number of rotatable bonds is 15. The molecule has 0 saturated heterocycles. The molecule has 0 aliphatic rings. The lowest BCUT2D eigenvalue weighted by Crippen LogP contribution is -2.48. The van der Waals surface area contributed by atoms with E-state index in [0.29, 0.717) is 18.4 Å². The van der Waals surface area contributed by atoms with E-state index >= 15 is 0 Å². The van der Waals surface area contributed by atoms with Crippen molar-refractivity contribution in [3.8, 4) is 5.75 Å². The van der Waals surface area contributed by atoms with E-state index < -0.39 is 29.5 Å². The standard InChI is InChI=1S/C33H39F3O4SSi/c1-4-42(5-2,6-3)40-32(25-15-21-28-17-9-7-10-18-28,26-16-22-29-19-11-8-12-20-29)27-30-23-13-14-24-31(30)39-41(37,38)33(34,35)36/h7-24H,4-6,25-27H2,1-3H3/b21-15+,22-16+. The van der Waals surface area contributed by atoms with Crippen molar-refractivity contribution in [2.75, 3.05) is 0 Å². The summed E-state index contributed by atoms with van der Waals surface area (Å²) in [6, 6.07) is 28.2. The van der Waals surface area contributed by atoms with Gasteiger partial charge in [-0.05, 0) is 53.7 Å². The number of benzene rings is 3. The Bertz CT molecular complexity index is 1360. The van der Waals surface area contributed by atoms with E-state index in [1.807, 2.05) is 85.0 Å². The first-order valence-corrected chi connectivity index (χ1v) is 18.1. The van der Waals surface area contributed by atoms with E-state index in [4.69, 9.17) is 4.43 Å². The Hall–Kier alpha value is -3.14. The minimum absolute atomic E-state index is 0.156. The van der Waals surface area contributed by atoms with Gasteiger partial charge in [0.05, 0.1) is 5.60 Å². The molecule has 0 bridgehead atoms. The van der Waals surface area contributed by atoms with E-state index in [-0.39, 0.29) is 12.2 Å². The van der Waals surface area contributed by atoms with Gasteiger partial charge in [-0.25, -0.2) is 0 Å². The molecule has 0 saturated carbocycles. The quantitative estimate of drug-likeness (QED) is 0.0970. The first kappa shape index (κ1) is 33.4. The van der Waals surface area contributed by atoms with Crippen molar-refractivity contribution in [1.82, 2.24) is 0 Å². The Morgan fingerprint density at radius 2 is 1.17 bits per heavy atom. The number of hydrogen-bond donors (Lipinski definition) is 0. The maximum Gasteiger partial charge on any atom is 0.534 e. The molecule has 4 nitrogen and oxygen atoms in total. The molecule has 9 heteroatoms. The van der Waals surface area contributed by atoms with Crippen LogP contribution in [0.3, 0.4) is 0 Å². The molecule has 0 aromatic heterocycles. The van der Waals surface area contributed by atoms with Gasteiger partial charge in [-0.1, -0.05) is 124 Å². The number of alkyl halides is 3. The molecule has 0 unspecified atom stereocenters. The van der Waals surface area contributed by atoms with Crippen molar-refractivity contribution in [3.63, 3.8) is 0 Å². The average Bonchev–Trinajstić information content (AvgIpc) is 2.97. The van der Waals surface area contributed by atoms with Crippen molar-refractivity contribution < 1.29 is 30.2 Å². The Labute approximate surface area is 249 Å². The zero-order valence-electron chi connectivity index (χ0n) is 24.3. The van der Waals surface area contributed by atoms with Gasteiger partial charge in [-0.2, -0.15) is 21.6 Å². The minimum Gasteiger partial charge on any atom is -0.410 e. The van der Waals surface area contributed by atoms with E-state index in [0.717, 1.165) is 29.3 Å². The van der Waals surface area contributed by atoms with Crippen LogP contribution in [-0.4, -0.2) is 27.8 Å². The fourth-order valence-electron chi connectivity index (χ4n) is 4.96. The second-order valence-electron chi connectivity index (χ2n) is 10.3. The maximum absolute atomic E-state index is 13.3. The lowest BCUT2D eigenvalue weighted by Gasteiger charge is -2.42. The van der Waals surface area contributed by atoms with Crippen molar-refractivity contribution in [3.05, 3.63) is 114 Å². The second-order valence-corrected chi connectivity index (χ2v) is 16.6. The Morgan fingerprint density at radius 3 is 1.62 bits per heavy atom. The number of halogens is 3. The highest BCUT2D eigenvalue weighted by Gasteiger charge is 2.49. The summed E-state index contributed by atoms with van der Waals surface area (Å²) < 4.78 is 75.6. The molecule has 0 N–H and O–H groups in total. The van der Waals surface area contributed by atoms with Crippen molar-refractivity contribution in [2.24, 2.45) is 0 Å². The van der Waals surface area contributed by atoms with Crippen LogP contribution in [0, 0.1) is 0 Å². The van der Waals surface area contributed by atoms with Gasteiger partial charge >= 0.3 is 15.6 Å². The van der Waals surface area contributed by atoms with Crippen LogP contribution in [0.4, 0.5) is 13.2 Å². The largest absolute Gasteiger partial charge is 0.534 e. The molecule has 0 atom stereocenters. The summed E-state index contributed by atoms with van der Waals surface area (Å²) in [5, 5.41) is 0. The Morgan fingerprint density at radius 1 is 0.714 bits per heavy atom. The third kappa shape index (κ3) is 9.18. The third-order valence-electron chi connectivity index (χ3n) is 7.53. The Kier molecular flexibility index (Phi) is 11.8. The topological polar surface area (TPSA) is 52.6 Å². The minimum atomic E-state index is -5.84. The molecule has 0 amide bonds. The van der Waals surface area contributed by atoms with E-state index in [9.17, 15) is 21.6 Å². The zero-order valence-corrected chi connectivity index (χ0v) is 26.1. The summed E-state index contributed by atoms with van der Waals surface area (Å²) in [5.74, 6) is -0.348. The van der Waals surface area contributed by atoms with E-state index in [2.05, 4.69) is 25.0 Å². The van der Waals surface area contributed by atoms with Crippen LogP contribution in [0.5, 0.6) is 5.75 Å². The molecule has 0 spiro atoms. The van der Waals surface area contributed by atoms with Crippen molar-refractivity contribution >= 4 is 30.6 Å². The fourth-order valence-corrected chi connectivity index (χ4v) is 8.55. The van der Waals surface area contributed by atoms with E-state index in [1.165, 1.54) is 12.1 Å². The lowest BCUT2D eigenvalue weighted by atomic mass is 9.87. The predicted octanol–water partition coefficient (Wildman–Crippen LogP) is 9.43. The summed E-state index contributed by atoms with van der Waals surface area (Å²) in [6.07, 6.45) is 9.13. The molecule has 0 radical (unpaired) electrons. The molecule has 0 heterocycles. The highest BCUT2D eigenvalue weighted by atomic mass is 32.2. The third-order valence-corrected chi connectivity index (χ3v) is 13.2. The van der Waals surface area contributed by atoms with E-state index in [1.54, 1.807) is 12.1 Å². The first-order chi connectivity index (χ1) is 20.0. The smallest absolute Gasteiger partial charge is 0.410 e. The van der Waals surface area contributed by atoms with Gasteiger partial charge in [0, 0.05) is 6.42 Å². The van der Waals surface area contributed by atoms with Crippen LogP contribution in [0.15, 0.2) is 97.1 Å². The van der Waals surface area contributed by atoms with Gasteiger partial charge in [0.2, 0.25) is 0 Å². The SMILES string of the molecule is CC[Si](CC)(CC)OC(C/C=C/c1ccccc1)(C/C=C/c1ccccc1)Cc1ccccc1OS(=O)(=O)C(F)(F)F. The molecule has 3 rings (SSSR count). The maximum atomic E-state index is 13.3. The number of para-hydroxylation sites is 1. The molecule has 0 fully saturated rings. The molecular formula is C33H39F3O4SSi. The van der Waals surface area contributed by atoms with Crippen LogP contribution in [0.25, 0.3) is 12.2 Å². The van der Waals surface area contributed by atoms with Gasteiger partial charge < -0.3 is 8.61 Å². The zero-order chi connectivity index (χ0) is 30.7. The van der Waals surface area contributed by atoms with Crippen LogP contribution in [0.1, 0.15) is 50.3 Å². The number of hydrogen-bond acceptors (Lipinski definition) is 4. The van der Waals surface area contributed by atoms with Gasteiger partial charge in [0.25, 0.3) is 0 Å². The summed E-state index contributed by atoms with van der Waals surface area (Å²) in [6.45, 7) is 6.36. The molecule has 42 heavy (non-hydrogen) atoms. The van der Waals surface area contributed by atoms with Gasteiger partial charge in [-0.3, -0.25) is 0 Å². The molecule has 0 aliphatic heterocycles. The summed E-state index contributed by atoms with van der Waals surface area (Å²) in [5.41, 5.74) is -4.06. The summed E-state index contributed by atoms with van der Waals surface area (Å²) in [4.78, 5) is 0. The fraction of sp³-hybridized carbons (Fsp3) is 0.333. The van der Waals surface area contributed by atoms with Crippen LogP contribution >= 0.6 is 0 Å². The van der Waals surface area contributed by atoms with Gasteiger partial charge in [-0.15, -0.1) is 0 Å². The highest BCUT2D eigenvalue weighted by Crippen LogP contribution is 2.38. The molecule has 3 aromatic rings. The summed E-state index contributed by atoms with van der Waals surface area (Å²) >= 11 is 0.